The summed E-state index contributed by atoms with van der Waals surface area (Å²) in [6.07, 6.45) is 51.7. The first-order valence-electron chi connectivity index (χ1n) is 18.0. The van der Waals surface area contributed by atoms with Crippen molar-refractivity contribution >= 4 is 5.69 Å². The number of hydrogen-bond acceptors (Lipinski definition) is 2. The minimum atomic E-state index is 0.358. The highest BCUT2D eigenvalue weighted by Crippen LogP contribution is 2.43. The highest BCUT2D eigenvalue weighted by Gasteiger charge is 2.31. The number of hydrogen-bond donors (Lipinski definition) is 0. The number of fused-ring (bicyclic) bond motifs is 2. The molecular weight excluding hydrogens is 556 g/mol. The van der Waals surface area contributed by atoms with Gasteiger partial charge in [0.2, 0.25) is 0 Å². The molecule has 1 aromatic carbocycles. The van der Waals surface area contributed by atoms with Gasteiger partial charge in [0.25, 0.3) is 0 Å². The maximum Gasteiger partial charge on any atom is 0.0559 e. The van der Waals surface area contributed by atoms with Crippen molar-refractivity contribution in [2.24, 2.45) is 23.7 Å². The molecule has 0 fully saturated rings. The molecule has 7 aliphatic rings. The summed E-state index contributed by atoms with van der Waals surface area (Å²) in [4.78, 5) is 5.22. The van der Waals surface area contributed by atoms with Crippen molar-refractivity contribution in [3.05, 3.63) is 161 Å². The smallest absolute Gasteiger partial charge is 0.0559 e. The summed E-state index contributed by atoms with van der Waals surface area (Å²) in [6.45, 7) is 0. The van der Waals surface area contributed by atoms with Gasteiger partial charge in [0, 0.05) is 28.5 Å². The third-order valence-corrected chi connectivity index (χ3v) is 11.3. The molecule has 234 valence electrons. The molecule has 5 unspecified atom stereocenters. The van der Waals surface area contributed by atoms with Crippen molar-refractivity contribution in [2.75, 3.05) is 4.90 Å². The van der Waals surface area contributed by atoms with Crippen LogP contribution in [0.3, 0.4) is 0 Å². The number of rotatable bonds is 7. The first-order chi connectivity index (χ1) is 22.8. The van der Waals surface area contributed by atoms with Crippen LogP contribution >= 0.6 is 0 Å². The summed E-state index contributed by atoms with van der Waals surface area (Å²) in [5.41, 5.74) is 10.0. The van der Waals surface area contributed by atoms with E-state index >= 15 is 0 Å². The third-order valence-electron chi connectivity index (χ3n) is 11.3. The zero-order chi connectivity index (χ0) is 30.7. The van der Waals surface area contributed by atoms with Gasteiger partial charge in [-0.2, -0.15) is 0 Å². The van der Waals surface area contributed by atoms with Crippen LogP contribution in [0.1, 0.15) is 70.6 Å². The van der Waals surface area contributed by atoms with E-state index in [-0.39, 0.29) is 0 Å². The van der Waals surface area contributed by atoms with Crippen LogP contribution in [0.15, 0.2) is 161 Å². The summed E-state index contributed by atoms with van der Waals surface area (Å²) in [6, 6.07) is 11.4. The van der Waals surface area contributed by atoms with E-state index in [0.29, 0.717) is 23.8 Å². The standard InChI is InChI=1S/C44H48N2/c1-3-17-37(18-4-1)45(43-23-11-15-35-13-7-9-21-41(35)43)39-29-25-33(26-30-39)34-27-31-40(32-28-34)46(38-19-5-2-6-20-38)44-24-12-16-36-14-8-10-22-42(36)44/h1-6,9-11,17,19-23,25,27,29-37H,7-8,12-16,18,24,26,28H2. The summed E-state index contributed by atoms with van der Waals surface area (Å²) >= 11 is 0. The summed E-state index contributed by atoms with van der Waals surface area (Å²) in [7, 11) is 0. The molecule has 0 N–H and O–H groups in total. The lowest BCUT2D eigenvalue weighted by Gasteiger charge is -2.40. The second-order valence-corrected chi connectivity index (χ2v) is 14.1. The van der Waals surface area contributed by atoms with E-state index in [1.54, 1.807) is 5.57 Å². The third kappa shape index (κ3) is 5.83. The van der Waals surface area contributed by atoms with E-state index in [0.717, 1.165) is 31.6 Å². The predicted octanol–water partition coefficient (Wildman–Crippen LogP) is 11.2. The van der Waals surface area contributed by atoms with Crippen molar-refractivity contribution in [3.8, 4) is 0 Å². The maximum atomic E-state index is 2.64. The fraction of sp³-hybridized carbons (Fsp3) is 0.364. The molecule has 0 radical (unpaired) electrons. The molecule has 46 heavy (non-hydrogen) atoms. The fourth-order valence-electron chi connectivity index (χ4n) is 8.87. The Labute approximate surface area is 276 Å². The predicted molar refractivity (Wildman–Crippen MR) is 193 cm³/mol. The van der Waals surface area contributed by atoms with Gasteiger partial charge in [0.1, 0.15) is 0 Å². The summed E-state index contributed by atoms with van der Waals surface area (Å²) < 4.78 is 0. The van der Waals surface area contributed by atoms with E-state index < -0.39 is 0 Å². The normalized spacial score (nSPS) is 29.8. The number of allylic oxidation sites excluding steroid dienone is 17. The Balaban J connectivity index is 1.03. The van der Waals surface area contributed by atoms with Crippen molar-refractivity contribution in [3.63, 3.8) is 0 Å². The van der Waals surface area contributed by atoms with Crippen molar-refractivity contribution in [2.45, 2.75) is 76.7 Å². The molecule has 2 nitrogen and oxygen atoms in total. The second-order valence-electron chi connectivity index (χ2n) is 14.1. The molecule has 0 saturated carbocycles. The van der Waals surface area contributed by atoms with E-state index in [1.165, 1.54) is 79.0 Å². The first-order valence-corrected chi connectivity index (χ1v) is 18.0. The largest absolute Gasteiger partial charge is 0.334 e. The zero-order valence-electron chi connectivity index (χ0n) is 27.2. The Morgan fingerprint density at radius 2 is 1.35 bits per heavy atom. The lowest BCUT2D eigenvalue weighted by atomic mass is 9.78. The Kier molecular flexibility index (Phi) is 8.53. The van der Waals surface area contributed by atoms with E-state index in [4.69, 9.17) is 0 Å². The van der Waals surface area contributed by atoms with Gasteiger partial charge in [-0.25, -0.2) is 0 Å². The molecule has 0 heterocycles. The average molecular weight is 605 g/mol. The second kappa shape index (κ2) is 13.4. The van der Waals surface area contributed by atoms with Crippen LogP contribution in [-0.2, 0) is 0 Å². The molecule has 5 atom stereocenters. The van der Waals surface area contributed by atoms with Gasteiger partial charge in [-0.05, 0) is 136 Å². The van der Waals surface area contributed by atoms with Gasteiger partial charge in [-0.3, -0.25) is 0 Å². The van der Waals surface area contributed by atoms with Crippen LogP contribution in [-0.4, -0.2) is 10.9 Å². The Morgan fingerprint density at radius 1 is 0.587 bits per heavy atom. The van der Waals surface area contributed by atoms with Crippen LogP contribution < -0.4 is 4.90 Å². The van der Waals surface area contributed by atoms with Crippen molar-refractivity contribution in [1.29, 1.82) is 0 Å². The minimum absolute atomic E-state index is 0.358. The van der Waals surface area contributed by atoms with E-state index in [1.807, 2.05) is 0 Å². The fourth-order valence-corrected chi connectivity index (χ4v) is 8.87. The lowest BCUT2D eigenvalue weighted by molar-refractivity contribution is 0.360. The summed E-state index contributed by atoms with van der Waals surface area (Å²) in [5, 5.41) is 0. The van der Waals surface area contributed by atoms with Crippen LogP contribution in [0.4, 0.5) is 5.69 Å². The first kappa shape index (κ1) is 29.4. The van der Waals surface area contributed by atoms with Gasteiger partial charge >= 0.3 is 0 Å². The van der Waals surface area contributed by atoms with Gasteiger partial charge in [-0.1, -0.05) is 97.2 Å². The topological polar surface area (TPSA) is 6.48 Å². The number of anilines is 1. The Morgan fingerprint density at radius 3 is 2.09 bits per heavy atom. The van der Waals surface area contributed by atoms with Gasteiger partial charge < -0.3 is 9.80 Å². The van der Waals surface area contributed by atoms with Crippen molar-refractivity contribution < 1.29 is 0 Å². The molecule has 0 bridgehead atoms. The van der Waals surface area contributed by atoms with Crippen LogP contribution in [0.25, 0.3) is 0 Å². The number of benzene rings is 1. The average Bonchev–Trinajstić information content (AvgIpc) is 3.14. The molecule has 0 saturated heterocycles. The SMILES string of the molecule is C1=CCC(N(C2=CCC(C3C=CC(N(C4=C5C=CCCC5CCC4)c4ccccc4)=CC3)C=C2)C2=C3C=CCCC3CC=C2)C=C1. The Bertz CT molecular complexity index is 1650. The van der Waals surface area contributed by atoms with Crippen LogP contribution in [0.5, 0.6) is 0 Å². The van der Waals surface area contributed by atoms with Gasteiger partial charge in [0.15, 0.2) is 0 Å². The lowest BCUT2D eigenvalue weighted by Crippen LogP contribution is -2.35. The molecule has 8 rings (SSSR count). The number of para-hydroxylation sites is 1. The maximum absolute atomic E-state index is 2.64. The van der Waals surface area contributed by atoms with E-state index in [9.17, 15) is 0 Å². The number of nitrogens with zero attached hydrogens (tertiary/aromatic N) is 2. The molecule has 1 aromatic rings. The monoisotopic (exact) mass is 604 g/mol. The zero-order valence-corrected chi connectivity index (χ0v) is 27.2. The highest BCUT2D eigenvalue weighted by molar-refractivity contribution is 5.63. The molecule has 0 spiro atoms. The van der Waals surface area contributed by atoms with Crippen molar-refractivity contribution in [1.82, 2.24) is 4.90 Å². The quantitative estimate of drug-likeness (QED) is 0.305. The molecule has 0 aromatic heterocycles. The molecule has 0 aliphatic heterocycles. The molecule has 0 amide bonds. The Hall–Kier alpha value is -4.04. The highest BCUT2D eigenvalue weighted by atomic mass is 15.2. The van der Waals surface area contributed by atoms with Gasteiger partial charge in [0.05, 0.1) is 6.04 Å². The molecule has 2 heteroatoms. The summed E-state index contributed by atoms with van der Waals surface area (Å²) in [5.74, 6) is 2.42. The minimum Gasteiger partial charge on any atom is -0.334 e. The molecule has 7 aliphatic carbocycles. The van der Waals surface area contributed by atoms with Crippen LogP contribution in [0, 0.1) is 23.7 Å². The van der Waals surface area contributed by atoms with Crippen LogP contribution in [0.2, 0.25) is 0 Å². The van der Waals surface area contributed by atoms with E-state index in [2.05, 4.69) is 137 Å². The van der Waals surface area contributed by atoms with Gasteiger partial charge in [-0.15, -0.1) is 0 Å². The molecular formula is C44H48N2.